The molecule has 0 saturated carbocycles. The third kappa shape index (κ3) is 4.66. The molecule has 0 saturated heterocycles. The average Bonchev–Trinajstić information content (AvgIpc) is 2.56. The summed E-state index contributed by atoms with van der Waals surface area (Å²) >= 11 is 5.94. The highest BCUT2D eigenvalue weighted by atomic mass is 35.5. The fourth-order valence-corrected chi connectivity index (χ4v) is 2.37. The molecule has 1 N–H and O–H groups in total. The minimum absolute atomic E-state index is 0.123. The highest BCUT2D eigenvalue weighted by Crippen LogP contribution is 2.14. The van der Waals surface area contributed by atoms with E-state index in [1.807, 2.05) is 0 Å². The van der Waals surface area contributed by atoms with Crippen LogP contribution in [0.25, 0.3) is 0 Å². The molecule has 0 unspecified atom stereocenters. The fourth-order valence-electron chi connectivity index (χ4n) is 2.15. The van der Waals surface area contributed by atoms with Crippen molar-refractivity contribution in [3.8, 4) is 0 Å². The van der Waals surface area contributed by atoms with Crippen LogP contribution in [-0.2, 0) is 6.54 Å². The summed E-state index contributed by atoms with van der Waals surface area (Å²) in [5.74, 6) is -0.256. The van der Waals surface area contributed by atoms with Gasteiger partial charge in [0, 0.05) is 25.2 Å². The van der Waals surface area contributed by atoms with Crippen molar-refractivity contribution in [3.05, 3.63) is 73.6 Å². The van der Waals surface area contributed by atoms with Gasteiger partial charge in [-0.3, -0.25) is 19.7 Å². The van der Waals surface area contributed by atoms with Gasteiger partial charge in [-0.15, -0.1) is 0 Å². The van der Waals surface area contributed by atoms with E-state index in [9.17, 15) is 19.7 Å². The molecule has 2 rings (SSSR count). The van der Waals surface area contributed by atoms with Crippen LogP contribution in [0.5, 0.6) is 0 Å². The first-order chi connectivity index (χ1) is 11.5. The number of pyridine rings is 1. The first-order valence-electron chi connectivity index (χ1n) is 7.36. The summed E-state index contributed by atoms with van der Waals surface area (Å²) in [6.45, 7) is 0.774. The van der Waals surface area contributed by atoms with Gasteiger partial charge in [-0.2, -0.15) is 0 Å². The monoisotopic (exact) mass is 349 g/mol. The second-order valence-corrected chi connectivity index (χ2v) is 5.53. The van der Waals surface area contributed by atoms with Crippen molar-refractivity contribution in [1.82, 2.24) is 9.88 Å². The summed E-state index contributed by atoms with van der Waals surface area (Å²) in [5.41, 5.74) is -0.00334. The predicted octanol–water partition coefficient (Wildman–Crippen LogP) is 2.62. The molecule has 1 heterocycles. The highest BCUT2D eigenvalue weighted by Gasteiger charge is 2.09. The summed E-state index contributed by atoms with van der Waals surface area (Å²) in [6.07, 6.45) is 2.46. The van der Waals surface area contributed by atoms with Gasteiger partial charge in [0.25, 0.3) is 17.2 Å². The normalized spacial score (nSPS) is 10.4. The number of nitro groups is 1. The molecule has 1 aromatic carbocycles. The molecule has 24 heavy (non-hydrogen) atoms. The summed E-state index contributed by atoms with van der Waals surface area (Å²) in [7, 11) is 0. The van der Waals surface area contributed by atoms with Gasteiger partial charge in [-0.05, 0) is 25.0 Å². The molecule has 1 aromatic heterocycles. The molecule has 126 valence electrons. The average molecular weight is 350 g/mol. The van der Waals surface area contributed by atoms with Gasteiger partial charge in [-0.1, -0.05) is 23.7 Å². The van der Waals surface area contributed by atoms with Crippen molar-refractivity contribution in [3.63, 3.8) is 0 Å². The van der Waals surface area contributed by atoms with Crippen LogP contribution in [0.2, 0.25) is 5.02 Å². The van der Waals surface area contributed by atoms with Crippen LogP contribution >= 0.6 is 11.6 Å². The zero-order chi connectivity index (χ0) is 17.5. The van der Waals surface area contributed by atoms with E-state index in [0.29, 0.717) is 36.5 Å². The minimum atomic E-state index is -0.542. The van der Waals surface area contributed by atoms with Crippen LogP contribution in [0.3, 0.4) is 0 Å². The molecule has 8 heteroatoms. The molecule has 0 atom stereocenters. The highest BCUT2D eigenvalue weighted by molar-refractivity contribution is 6.33. The molecule has 0 aliphatic heterocycles. The van der Waals surface area contributed by atoms with E-state index in [4.69, 9.17) is 11.6 Å². The van der Waals surface area contributed by atoms with E-state index in [1.54, 1.807) is 24.3 Å². The lowest BCUT2D eigenvalue weighted by atomic mass is 10.2. The Morgan fingerprint density at radius 3 is 2.67 bits per heavy atom. The number of hydrogen-bond donors (Lipinski definition) is 1. The van der Waals surface area contributed by atoms with Gasteiger partial charge < -0.3 is 9.88 Å². The van der Waals surface area contributed by atoms with E-state index < -0.39 is 4.92 Å². The zero-order valence-corrected chi connectivity index (χ0v) is 13.5. The molecule has 2 aromatic rings. The maximum absolute atomic E-state index is 11.9. The largest absolute Gasteiger partial charge is 0.352 e. The summed E-state index contributed by atoms with van der Waals surface area (Å²) in [6, 6.07) is 9.12. The second-order valence-electron chi connectivity index (χ2n) is 5.12. The number of aryl methyl sites for hydroxylation is 1. The van der Waals surface area contributed by atoms with E-state index >= 15 is 0 Å². The SMILES string of the molecule is O=C(NCCCCn1cc([N+](=O)[O-])ccc1=O)c1ccccc1Cl. The van der Waals surface area contributed by atoms with Crippen LogP contribution in [0, 0.1) is 10.1 Å². The Labute approximate surface area is 143 Å². The second kappa shape index (κ2) is 8.26. The van der Waals surface area contributed by atoms with Crippen molar-refractivity contribution in [1.29, 1.82) is 0 Å². The number of aromatic nitrogens is 1. The molecule has 1 amide bonds. The Bertz CT molecular complexity index is 804. The Kier molecular flexibility index (Phi) is 6.08. The van der Waals surface area contributed by atoms with E-state index in [-0.39, 0.29) is 17.2 Å². The molecule has 7 nitrogen and oxygen atoms in total. The van der Waals surface area contributed by atoms with Gasteiger partial charge in [0.1, 0.15) is 0 Å². The smallest absolute Gasteiger partial charge is 0.285 e. The van der Waals surface area contributed by atoms with Gasteiger partial charge in [0.05, 0.1) is 21.7 Å². The first-order valence-corrected chi connectivity index (χ1v) is 7.74. The predicted molar refractivity (Wildman–Crippen MR) is 90.4 cm³/mol. The van der Waals surface area contributed by atoms with Gasteiger partial charge in [-0.25, -0.2) is 0 Å². The van der Waals surface area contributed by atoms with Gasteiger partial charge in [0.2, 0.25) is 0 Å². The standard InChI is InChI=1S/C16H16ClN3O4/c17-14-6-2-1-5-13(14)16(22)18-9-3-4-10-19-11-12(20(23)24)7-8-15(19)21/h1-2,5-8,11H,3-4,9-10H2,(H,18,22). The van der Waals surface area contributed by atoms with E-state index in [1.165, 1.54) is 22.9 Å². The van der Waals surface area contributed by atoms with Crippen molar-refractivity contribution >= 4 is 23.2 Å². The Hall–Kier alpha value is -2.67. The molecular formula is C16H16ClN3O4. The Morgan fingerprint density at radius 1 is 1.21 bits per heavy atom. The van der Waals surface area contributed by atoms with Crippen LogP contribution in [-0.4, -0.2) is 21.9 Å². The van der Waals surface area contributed by atoms with Crippen LogP contribution in [0.1, 0.15) is 23.2 Å². The molecule has 0 radical (unpaired) electrons. The third-order valence-corrected chi connectivity index (χ3v) is 3.74. The summed E-state index contributed by atoms with van der Waals surface area (Å²) in [5, 5.41) is 13.8. The van der Waals surface area contributed by atoms with Gasteiger partial charge in [0.15, 0.2) is 0 Å². The van der Waals surface area contributed by atoms with Crippen LogP contribution in [0.4, 0.5) is 5.69 Å². The molecule has 0 spiro atoms. The number of nitrogens with one attached hydrogen (secondary N) is 1. The topological polar surface area (TPSA) is 94.2 Å². The quantitative estimate of drug-likeness (QED) is 0.472. The maximum Gasteiger partial charge on any atom is 0.285 e. The number of carbonyl (C=O) groups is 1. The fraction of sp³-hybridized carbons (Fsp3) is 0.250. The number of benzene rings is 1. The number of hydrogen-bond acceptors (Lipinski definition) is 4. The van der Waals surface area contributed by atoms with Gasteiger partial charge >= 0.3 is 0 Å². The van der Waals surface area contributed by atoms with Crippen molar-refractivity contribution in [2.45, 2.75) is 19.4 Å². The van der Waals surface area contributed by atoms with Crippen molar-refractivity contribution in [2.24, 2.45) is 0 Å². The number of amides is 1. The van der Waals surface area contributed by atoms with E-state index in [0.717, 1.165) is 0 Å². The van der Waals surface area contributed by atoms with Crippen molar-refractivity contribution < 1.29 is 9.72 Å². The lowest BCUT2D eigenvalue weighted by Crippen LogP contribution is -2.25. The van der Waals surface area contributed by atoms with Crippen LogP contribution < -0.4 is 10.9 Å². The lowest BCUT2D eigenvalue weighted by Gasteiger charge is -2.07. The molecule has 0 bridgehead atoms. The molecular weight excluding hydrogens is 334 g/mol. The summed E-state index contributed by atoms with van der Waals surface area (Å²) in [4.78, 5) is 33.8. The molecule has 0 aliphatic carbocycles. The number of nitrogens with zero attached hydrogens (tertiary/aromatic N) is 2. The lowest BCUT2D eigenvalue weighted by molar-refractivity contribution is -0.385. The number of unbranched alkanes of at least 4 members (excludes halogenated alkanes) is 1. The zero-order valence-electron chi connectivity index (χ0n) is 12.8. The van der Waals surface area contributed by atoms with Crippen LogP contribution in [0.15, 0.2) is 47.4 Å². The minimum Gasteiger partial charge on any atom is -0.352 e. The van der Waals surface area contributed by atoms with E-state index in [2.05, 4.69) is 5.32 Å². The third-order valence-electron chi connectivity index (χ3n) is 3.41. The first kappa shape index (κ1) is 17.7. The van der Waals surface area contributed by atoms with Crippen molar-refractivity contribution in [2.75, 3.05) is 6.54 Å². The maximum atomic E-state index is 11.9. The number of rotatable bonds is 7. The summed E-state index contributed by atoms with van der Waals surface area (Å²) < 4.78 is 1.30. The number of halogens is 1. The molecule has 0 fully saturated rings. The number of carbonyl (C=O) groups excluding carboxylic acids is 1. The Balaban J connectivity index is 1.81. The molecule has 0 aliphatic rings. The Morgan fingerprint density at radius 2 is 1.96 bits per heavy atom.